The number of carbonyl (C=O) groups excluding carboxylic acids is 1. The van der Waals surface area contributed by atoms with E-state index in [2.05, 4.69) is 31.1 Å². The van der Waals surface area contributed by atoms with Gasteiger partial charge < -0.3 is 24.4 Å². The number of hydrogen-bond acceptors (Lipinski definition) is 6. The van der Waals surface area contributed by atoms with Gasteiger partial charge in [0, 0.05) is 32.8 Å². The van der Waals surface area contributed by atoms with Crippen LogP contribution in [0.1, 0.15) is 82.1 Å². The lowest BCUT2D eigenvalue weighted by molar-refractivity contribution is 0.0909. The second-order valence-electron chi connectivity index (χ2n) is 11.3. The van der Waals surface area contributed by atoms with Gasteiger partial charge in [-0.3, -0.25) is 9.48 Å². The Labute approximate surface area is 241 Å². The molecule has 0 spiro atoms. The van der Waals surface area contributed by atoms with Crippen LogP contribution in [0.3, 0.4) is 0 Å². The van der Waals surface area contributed by atoms with Crippen LogP contribution in [0.15, 0.2) is 24.3 Å². The predicted octanol–water partition coefficient (Wildman–Crippen LogP) is 6.04. The Morgan fingerprint density at radius 2 is 1.77 bits per heavy atom. The van der Waals surface area contributed by atoms with Crippen LogP contribution < -0.4 is 14.8 Å². The fourth-order valence-electron chi connectivity index (χ4n) is 5.86. The normalized spacial score (nSPS) is 15.0. The number of aromatic nitrogens is 2. The first kappa shape index (κ1) is 31.9. The van der Waals surface area contributed by atoms with E-state index in [9.17, 15) is 4.79 Å². The van der Waals surface area contributed by atoms with E-state index in [1.165, 1.54) is 32.1 Å². The van der Waals surface area contributed by atoms with Gasteiger partial charge in [0.15, 0.2) is 5.69 Å². The molecule has 0 aliphatic heterocycles. The Morgan fingerprint density at radius 1 is 1.10 bits per heavy atom. The molecule has 2 aromatic rings. The fourth-order valence-corrected chi connectivity index (χ4v) is 5.86. The molecular weight excluding hydrogens is 504 g/mol. The molecule has 224 valence electrons. The number of hydrogen-bond donors (Lipinski definition) is 1. The van der Waals surface area contributed by atoms with Gasteiger partial charge in [0.1, 0.15) is 11.5 Å². The maximum atomic E-state index is 13.7. The number of rotatable bonds is 17. The molecule has 1 saturated carbocycles. The lowest BCUT2D eigenvalue weighted by Crippen LogP contribution is -2.43. The number of benzene rings is 1. The maximum Gasteiger partial charge on any atom is 0.272 e. The van der Waals surface area contributed by atoms with E-state index in [4.69, 9.17) is 19.3 Å². The molecule has 8 heteroatoms. The van der Waals surface area contributed by atoms with E-state index in [1.54, 1.807) is 21.3 Å². The molecule has 1 aliphatic rings. The SMILES string of the molecule is CCC(CC)Cn1nc(C(=O)N[C@@H](CCC2CCCCC2)CN(C)CCOC)cc1-c1c(OC)cccc1OC. The summed E-state index contributed by atoms with van der Waals surface area (Å²) in [5.74, 6) is 2.48. The van der Waals surface area contributed by atoms with Gasteiger partial charge in [-0.1, -0.05) is 64.9 Å². The molecule has 8 nitrogen and oxygen atoms in total. The summed E-state index contributed by atoms with van der Waals surface area (Å²) in [4.78, 5) is 16.0. The minimum atomic E-state index is -0.132. The van der Waals surface area contributed by atoms with Crippen LogP contribution in [0, 0.1) is 11.8 Å². The third-order valence-electron chi connectivity index (χ3n) is 8.47. The Bertz CT molecular complexity index is 1010. The highest BCUT2D eigenvalue weighted by Gasteiger charge is 2.25. The van der Waals surface area contributed by atoms with Crippen molar-refractivity contribution in [2.75, 3.05) is 48.1 Å². The highest BCUT2D eigenvalue weighted by atomic mass is 16.5. The summed E-state index contributed by atoms with van der Waals surface area (Å²) in [7, 11) is 7.13. The van der Waals surface area contributed by atoms with E-state index in [0.29, 0.717) is 29.7 Å². The van der Waals surface area contributed by atoms with Crippen LogP contribution in [0.2, 0.25) is 0 Å². The van der Waals surface area contributed by atoms with Crippen molar-refractivity contribution in [3.05, 3.63) is 30.0 Å². The molecule has 1 aromatic carbocycles. The first-order chi connectivity index (χ1) is 19.4. The van der Waals surface area contributed by atoms with Gasteiger partial charge in [0.25, 0.3) is 5.91 Å². The van der Waals surface area contributed by atoms with Crippen LogP contribution in [-0.4, -0.2) is 74.7 Å². The summed E-state index contributed by atoms with van der Waals surface area (Å²) in [6.07, 6.45) is 10.8. The Kier molecular flexibility index (Phi) is 13.3. The van der Waals surface area contributed by atoms with Gasteiger partial charge in [-0.25, -0.2) is 0 Å². The van der Waals surface area contributed by atoms with E-state index >= 15 is 0 Å². The van der Waals surface area contributed by atoms with Crippen LogP contribution in [-0.2, 0) is 11.3 Å². The van der Waals surface area contributed by atoms with Gasteiger partial charge >= 0.3 is 0 Å². The molecule has 0 bridgehead atoms. The lowest BCUT2D eigenvalue weighted by atomic mass is 9.85. The number of nitrogens with zero attached hydrogens (tertiary/aromatic N) is 3. The van der Waals surface area contributed by atoms with Crippen molar-refractivity contribution in [2.45, 2.75) is 84.2 Å². The average molecular weight is 557 g/mol. The fraction of sp³-hybridized carbons (Fsp3) is 0.688. The van der Waals surface area contributed by atoms with Gasteiger partial charge in [-0.05, 0) is 49.9 Å². The Hall–Kier alpha value is -2.58. The number of ether oxygens (including phenoxy) is 3. The molecule has 40 heavy (non-hydrogen) atoms. The Balaban J connectivity index is 1.88. The number of carbonyl (C=O) groups is 1. The number of nitrogens with one attached hydrogen (secondary N) is 1. The third kappa shape index (κ3) is 8.96. The first-order valence-electron chi connectivity index (χ1n) is 15.2. The second-order valence-corrected chi connectivity index (χ2v) is 11.3. The van der Waals surface area contributed by atoms with Crippen molar-refractivity contribution < 1.29 is 19.0 Å². The summed E-state index contributed by atoms with van der Waals surface area (Å²) in [6, 6.07) is 7.69. The molecule has 3 rings (SSSR count). The van der Waals surface area contributed by atoms with Gasteiger partial charge in [-0.15, -0.1) is 0 Å². The number of amides is 1. The summed E-state index contributed by atoms with van der Waals surface area (Å²) >= 11 is 0. The third-order valence-corrected chi connectivity index (χ3v) is 8.47. The van der Waals surface area contributed by atoms with Crippen molar-refractivity contribution in [1.29, 1.82) is 0 Å². The zero-order valence-corrected chi connectivity index (χ0v) is 25.7. The smallest absolute Gasteiger partial charge is 0.272 e. The predicted molar refractivity (Wildman–Crippen MR) is 161 cm³/mol. The van der Waals surface area contributed by atoms with Crippen molar-refractivity contribution in [1.82, 2.24) is 20.0 Å². The Morgan fingerprint density at radius 3 is 2.38 bits per heavy atom. The van der Waals surface area contributed by atoms with E-state index in [-0.39, 0.29) is 11.9 Å². The monoisotopic (exact) mass is 556 g/mol. The standard InChI is InChI=1S/C32H52N4O4/c1-7-24(8-2)22-36-28(31-29(39-5)15-12-16-30(31)40-6)21-27(34-36)32(37)33-26(23-35(3)19-20-38-4)18-17-25-13-10-9-11-14-25/h12,15-16,21,24-26H,7-11,13-14,17-20,22-23H2,1-6H3,(H,33,37)/t26-/m0/s1. The van der Waals surface area contributed by atoms with Crippen molar-refractivity contribution in [2.24, 2.45) is 11.8 Å². The van der Waals surface area contributed by atoms with E-state index in [1.807, 2.05) is 28.9 Å². The molecule has 1 fully saturated rings. The van der Waals surface area contributed by atoms with Crippen molar-refractivity contribution >= 4 is 5.91 Å². The number of methoxy groups -OCH3 is 3. The largest absolute Gasteiger partial charge is 0.496 e. The van der Waals surface area contributed by atoms with Gasteiger partial charge in [0.05, 0.1) is 32.1 Å². The molecule has 0 radical (unpaired) electrons. The van der Waals surface area contributed by atoms with Gasteiger partial charge in [0.2, 0.25) is 0 Å². The molecule has 1 heterocycles. The van der Waals surface area contributed by atoms with Crippen molar-refractivity contribution in [3.8, 4) is 22.8 Å². The van der Waals surface area contributed by atoms with E-state index < -0.39 is 0 Å². The average Bonchev–Trinajstić information content (AvgIpc) is 3.40. The highest BCUT2D eigenvalue weighted by molar-refractivity contribution is 5.94. The molecule has 0 unspecified atom stereocenters. The topological polar surface area (TPSA) is 77.9 Å². The second kappa shape index (κ2) is 16.6. The van der Waals surface area contributed by atoms with E-state index in [0.717, 1.165) is 62.5 Å². The molecule has 1 amide bonds. The summed E-state index contributed by atoms with van der Waals surface area (Å²) in [6.45, 7) is 7.40. The molecule has 1 aromatic heterocycles. The van der Waals surface area contributed by atoms with Gasteiger partial charge in [-0.2, -0.15) is 5.10 Å². The van der Waals surface area contributed by atoms with Crippen LogP contribution in [0.25, 0.3) is 11.3 Å². The zero-order valence-electron chi connectivity index (χ0n) is 25.7. The van der Waals surface area contributed by atoms with Crippen LogP contribution in [0.4, 0.5) is 0 Å². The summed E-state index contributed by atoms with van der Waals surface area (Å²) < 4.78 is 18.7. The molecule has 1 aliphatic carbocycles. The first-order valence-corrected chi connectivity index (χ1v) is 15.2. The molecule has 1 N–H and O–H groups in total. The zero-order chi connectivity index (χ0) is 28.9. The molecule has 0 saturated heterocycles. The molecular formula is C32H52N4O4. The summed E-state index contributed by atoms with van der Waals surface area (Å²) in [5, 5.41) is 8.22. The maximum absolute atomic E-state index is 13.7. The number of likely N-dealkylation sites (N-methyl/N-ethyl adjacent to an activating group) is 1. The lowest BCUT2D eigenvalue weighted by Gasteiger charge is -2.27. The minimum Gasteiger partial charge on any atom is -0.496 e. The van der Waals surface area contributed by atoms with Crippen LogP contribution >= 0.6 is 0 Å². The minimum absolute atomic E-state index is 0.0460. The highest BCUT2D eigenvalue weighted by Crippen LogP contribution is 2.39. The summed E-state index contributed by atoms with van der Waals surface area (Å²) in [5.41, 5.74) is 2.08. The molecule has 1 atom stereocenters. The quantitative estimate of drug-likeness (QED) is 0.256. The van der Waals surface area contributed by atoms with Crippen LogP contribution in [0.5, 0.6) is 11.5 Å². The van der Waals surface area contributed by atoms with Crippen molar-refractivity contribution in [3.63, 3.8) is 0 Å².